The Morgan fingerprint density at radius 3 is 2.16 bits per heavy atom. The second kappa shape index (κ2) is 11.2. The number of anilines is 1. The molecular weight excluding hydrogens is 512 g/mol. The van der Waals surface area contributed by atoms with E-state index in [-0.39, 0.29) is 29.6 Å². The maximum Gasteiger partial charge on any atom is 0.416 e. The molecule has 0 spiro atoms. The molecule has 1 aromatic heterocycles. The highest BCUT2D eigenvalue weighted by Crippen LogP contribution is 2.51. The van der Waals surface area contributed by atoms with Crippen LogP contribution in [0.4, 0.5) is 32.0 Å². The molecule has 204 valence electrons. The first-order valence-electron chi connectivity index (χ1n) is 12.4. The van der Waals surface area contributed by atoms with E-state index in [0.29, 0.717) is 12.1 Å². The Morgan fingerprint density at radius 1 is 1.03 bits per heavy atom. The maximum absolute atomic E-state index is 14.7. The zero-order valence-corrected chi connectivity index (χ0v) is 20.8. The van der Waals surface area contributed by atoms with Gasteiger partial charge in [0, 0.05) is 41.1 Å². The van der Waals surface area contributed by atoms with Crippen LogP contribution in [0.3, 0.4) is 0 Å². The fourth-order valence-corrected chi connectivity index (χ4v) is 4.76. The van der Waals surface area contributed by atoms with Crippen LogP contribution >= 0.6 is 0 Å². The molecular formula is C27H27F6N3O2. The lowest BCUT2D eigenvalue weighted by atomic mass is 9.85. The molecule has 1 unspecified atom stereocenters. The number of hydrogen-bond acceptors (Lipinski definition) is 4. The van der Waals surface area contributed by atoms with E-state index in [1.807, 2.05) is 0 Å². The average molecular weight is 540 g/mol. The van der Waals surface area contributed by atoms with Crippen LogP contribution < -0.4 is 10.2 Å². The number of alkyl halides is 3. The lowest BCUT2D eigenvalue weighted by molar-refractivity contribution is -0.138. The topological polar surface area (TPSA) is 58.4 Å². The van der Waals surface area contributed by atoms with Gasteiger partial charge in [-0.05, 0) is 44.0 Å². The van der Waals surface area contributed by atoms with Crippen LogP contribution in [-0.4, -0.2) is 30.5 Å². The van der Waals surface area contributed by atoms with E-state index in [9.17, 15) is 31.1 Å². The number of nitrogens with zero attached hydrogens (tertiary/aromatic N) is 2. The van der Waals surface area contributed by atoms with Crippen molar-refractivity contribution in [3.8, 4) is 11.5 Å². The normalized spacial score (nSPS) is 17.2. The molecule has 1 atom stereocenters. The molecule has 0 saturated heterocycles. The van der Waals surface area contributed by atoms with Crippen LogP contribution in [0.15, 0.2) is 41.1 Å². The summed E-state index contributed by atoms with van der Waals surface area (Å²) in [5, 5.41) is 3.11. The third kappa shape index (κ3) is 5.43. The highest BCUT2D eigenvalue weighted by atomic mass is 19.4. The fourth-order valence-electron chi connectivity index (χ4n) is 4.76. The quantitative estimate of drug-likeness (QED) is 0.356. The number of oxazole rings is 1. The Hall–Kier alpha value is -3.34. The second-order valence-electron chi connectivity index (χ2n) is 9.21. The fraction of sp³-hybridized carbons (Fsp3) is 0.407. The number of fused-ring (bicyclic) bond motifs is 1. The number of benzene rings is 2. The van der Waals surface area contributed by atoms with Crippen molar-refractivity contribution in [3.63, 3.8) is 0 Å². The minimum atomic E-state index is -4.95. The van der Waals surface area contributed by atoms with E-state index >= 15 is 0 Å². The van der Waals surface area contributed by atoms with Crippen LogP contribution in [0.2, 0.25) is 0 Å². The van der Waals surface area contributed by atoms with Gasteiger partial charge in [0.25, 0.3) is 0 Å². The standard InChI is InChI=1S/C23H16F6N2O2.C4H11N/c24-13-8-15(25)19(16(26)9-13)20-18-14(23(27,28)29)6-12(21-30-4-5-33-21)7-17(18)31(22(20)32)10-11-2-1-3-11;1-3-5-4-2/h4-9,11,20H,1-3,10H2;5H,3-4H2,1-2H3. The minimum Gasteiger partial charge on any atom is -0.445 e. The largest absolute Gasteiger partial charge is 0.445 e. The van der Waals surface area contributed by atoms with Gasteiger partial charge in [-0.25, -0.2) is 18.2 Å². The molecule has 1 aliphatic heterocycles. The predicted molar refractivity (Wildman–Crippen MR) is 129 cm³/mol. The number of nitrogens with one attached hydrogen (secondary N) is 1. The molecule has 38 heavy (non-hydrogen) atoms. The van der Waals surface area contributed by atoms with Gasteiger partial charge in [0.1, 0.15) is 23.7 Å². The molecule has 5 nitrogen and oxygen atoms in total. The summed E-state index contributed by atoms with van der Waals surface area (Å²) in [5.74, 6) is -6.92. The van der Waals surface area contributed by atoms with Gasteiger partial charge in [-0.3, -0.25) is 4.79 Å². The highest BCUT2D eigenvalue weighted by molar-refractivity contribution is 6.08. The van der Waals surface area contributed by atoms with Crippen molar-refractivity contribution in [2.24, 2.45) is 5.92 Å². The Bertz CT molecular complexity index is 1260. The van der Waals surface area contributed by atoms with E-state index in [2.05, 4.69) is 24.1 Å². The number of halogens is 6. The molecule has 0 bridgehead atoms. The molecule has 3 aromatic rings. The number of amides is 1. The van der Waals surface area contributed by atoms with Crippen molar-refractivity contribution in [3.05, 3.63) is 70.9 Å². The molecule has 0 radical (unpaired) electrons. The molecule has 1 N–H and O–H groups in total. The molecule has 1 aliphatic carbocycles. The summed E-state index contributed by atoms with van der Waals surface area (Å²) < 4.78 is 90.5. The third-order valence-corrected chi connectivity index (χ3v) is 6.73. The summed E-state index contributed by atoms with van der Waals surface area (Å²) in [7, 11) is 0. The number of aromatic nitrogens is 1. The van der Waals surface area contributed by atoms with E-state index in [4.69, 9.17) is 4.42 Å². The lowest BCUT2D eigenvalue weighted by Gasteiger charge is -2.30. The number of rotatable bonds is 6. The first kappa shape index (κ1) is 27.7. The van der Waals surface area contributed by atoms with Crippen LogP contribution in [0.25, 0.3) is 11.5 Å². The van der Waals surface area contributed by atoms with Crippen molar-refractivity contribution in [1.29, 1.82) is 0 Å². The summed E-state index contributed by atoms with van der Waals surface area (Å²) in [6, 6.07) is 2.77. The highest BCUT2D eigenvalue weighted by Gasteiger charge is 2.48. The van der Waals surface area contributed by atoms with Gasteiger partial charge in [-0.2, -0.15) is 13.2 Å². The van der Waals surface area contributed by atoms with Gasteiger partial charge in [0.2, 0.25) is 11.8 Å². The minimum absolute atomic E-state index is 0.0295. The molecule has 11 heteroatoms. The zero-order chi connectivity index (χ0) is 27.6. The Morgan fingerprint density at radius 2 is 1.68 bits per heavy atom. The summed E-state index contributed by atoms with van der Waals surface area (Å²) >= 11 is 0. The van der Waals surface area contributed by atoms with Gasteiger partial charge >= 0.3 is 6.18 Å². The van der Waals surface area contributed by atoms with Gasteiger partial charge < -0.3 is 14.6 Å². The summed E-state index contributed by atoms with van der Waals surface area (Å²) in [6.07, 6.45) is 0.000604. The first-order chi connectivity index (χ1) is 18.1. The molecule has 5 rings (SSSR count). The average Bonchev–Trinajstić information content (AvgIpc) is 3.43. The predicted octanol–water partition coefficient (Wildman–Crippen LogP) is 6.67. The van der Waals surface area contributed by atoms with Gasteiger partial charge in [0.15, 0.2) is 0 Å². The Balaban J connectivity index is 0.000000617. The molecule has 1 saturated carbocycles. The SMILES string of the molecule is CCNCC.O=C1C(c2c(F)cc(F)cc2F)c2c(cc(-c3ncco3)cc2C(F)(F)F)N1CC1CCC1. The first-order valence-corrected chi connectivity index (χ1v) is 12.4. The molecule has 2 heterocycles. The Kier molecular flexibility index (Phi) is 8.15. The smallest absolute Gasteiger partial charge is 0.416 e. The number of carbonyl (C=O) groups is 1. The lowest BCUT2D eigenvalue weighted by Crippen LogP contribution is -2.36. The van der Waals surface area contributed by atoms with Crippen LogP contribution in [0.5, 0.6) is 0 Å². The van der Waals surface area contributed by atoms with Crippen LogP contribution in [0.1, 0.15) is 55.7 Å². The van der Waals surface area contributed by atoms with Crippen molar-refractivity contribution in [2.45, 2.75) is 45.2 Å². The zero-order valence-electron chi connectivity index (χ0n) is 20.8. The second-order valence-corrected chi connectivity index (χ2v) is 9.21. The van der Waals surface area contributed by atoms with Gasteiger partial charge in [-0.1, -0.05) is 20.3 Å². The van der Waals surface area contributed by atoms with E-state index in [1.54, 1.807) is 0 Å². The molecule has 1 amide bonds. The monoisotopic (exact) mass is 539 g/mol. The summed E-state index contributed by atoms with van der Waals surface area (Å²) in [4.78, 5) is 18.4. The van der Waals surface area contributed by atoms with E-state index < -0.39 is 52.1 Å². The summed E-state index contributed by atoms with van der Waals surface area (Å²) in [5.41, 5.74) is -2.84. The van der Waals surface area contributed by atoms with E-state index in [0.717, 1.165) is 43.3 Å². The van der Waals surface area contributed by atoms with Crippen LogP contribution in [0, 0.1) is 23.4 Å². The van der Waals surface area contributed by atoms with Crippen LogP contribution in [-0.2, 0) is 11.0 Å². The van der Waals surface area contributed by atoms with Crippen molar-refractivity contribution >= 4 is 11.6 Å². The van der Waals surface area contributed by atoms with Crippen molar-refractivity contribution < 1.29 is 35.6 Å². The van der Waals surface area contributed by atoms with Gasteiger partial charge in [0.05, 0.1) is 17.7 Å². The molecule has 2 aromatic carbocycles. The number of carbonyl (C=O) groups excluding carboxylic acids is 1. The third-order valence-electron chi connectivity index (χ3n) is 6.73. The molecule has 2 aliphatic rings. The van der Waals surface area contributed by atoms with Crippen molar-refractivity contribution in [1.82, 2.24) is 10.3 Å². The Labute approximate surface area is 215 Å². The molecule has 1 fully saturated rings. The van der Waals surface area contributed by atoms with Crippen molar-refractivity contribution in [2.75, 3.05) is 24.5 Å². The van der Waals surface area contributed by atoms with Gasteiger partial charge in [-0.15, -0.1) is 0 Å². The number of hydrogen-bond donors (Lipinski definition) is 1. The maximum atomic E-state index is 14.7. The summed E-state index contributed by atoms with van der Waals surface area (Å²) in [6.45, 7) is 6.50. The van der Waals surface area contributed by atoms with E-state index in [1.165, 1.54) is 18.5 Å².